The molecule has 0 atom stereocenters. The fourth-order valence-corrected chi connectivity index (χ4v) is 5.14. The van der Waals surface area contributed by atoms with Gasteiger partial charge in [0.15, 0.2) is 0 Å². The van der Waals surface area contributed by atoms with Crippen LogP contribution >= 0.6 is 0 Å². The third kappa shape index (κ3) is 10.6. The average Bonchev–Trinajstić information content (AvgIpc) is 2.85. The van der Waals surface area contributed by atoms with Crippen molar-refractivity contribution in [2.45, 2.75) is 143 Å². The van der Waals surface area contributed by atoms with E-state index in [0.29, 0.717) is 30.8 Å². The van der Waals surface area contributed by atoms with E-state index in [0.717, 1.165) is 33.4 Å². The van der Waals surface area contributed by atoms with Gasteiger partial charge in [-0.15, -0.1) is 0 Å². The summed E-state index contributed by atoms with van der Waals surface area (Å²) in [6, 6.07) is 7.95. The van der Waals surface area contributed by atoms with Gasteiger partial charge in [0.05, 0.1) is 6.61 Å². The number of aryl methyl sites for hydroxylation is 2. The minimum atomic E-state index is -0.781. The van der Waals surface area contributed by atoms with Gasteiger partial charge in [-0.2, -0.15) is 0 Å². The maximum Gasteiger partial charge on any atom is 0.306 e. The van der Waals surface area contributed by atoms with E-state index >= 15 is 0 Å². The normalized spacial score (nSPS) is 12.6. The van der Waals surface area contributed by atoms with Gasteiger partial charge in [-0.05, 0) is 82.7 Å². The van der Waals surface area contributed by atoms with Gasteiger partial charge in [0, 0.05) is 19.3 Å². The van der Waals surface area contributed by atoms with Gasteiger partial charge in [-0.1, -0.05) is 93.5 Å². The summed E-state index contributed by atoms with van der Waals surface area (Å²) in [6.07, 6.45) is 1.87. The summed E-state index contributed by atoms with van der Waals surface area (Å²) in [5.41, 5.74) is 4.31. The molecule has 2 rings (SSSR count). The molecule has 2 N–H and O–H groups in total. The standard InChI is InChI=1S/C37H56O6/c1-23(2)27-19-25(21-29(33(27)40)35(5,6)7)13-15-31(38)42-18-17-37(11,12)43-32(39)16-14-26-20-28(24(3)4)34(41)30(22-26)36(8,9)10/h19-24,40-41H,13-18H2,1-12H3. The van der Waals surface area contributed by atoms with Gasteiger partial charge in [0.25, 0.3) is 0 Å². The Hall–Kier alpha value is -3.02. The van der Waals surface area contributed by atoms with Crippen molar-refractivity contribution in [2.24, 2.45) is 0 Å². The van der Waals surface area contributed by atoms with Crippen LogP contribution in [0, 0.1) is 0 Å². The van der Waals surface area contributed by atoms with E-state index in [1.54, 1.807) is 0 Å². The number of phenols is 2. The monoisotopic (exact) mass is 596 g/mol. The largest absolute Gasteiger partial charge is 0.507 e. The van der Waals surface area contributed by atoms with Crippen LogP contribution in [0.4, 0.5) is 0 Å². The number of carbonyl (C=O) groups is 2. The van der Waals surface area contributed by atoms with E-state index < -0.39 is 5.60 Å². The summed E-state index contributed by atoms with van der Waals surface area (Å²) >= 11 is 0. The highest BCUT2D eigenvalue weighted by Gasteiger charge is 2.26. The number of esters is 2. The second-order valence-electron chi connectivity index (χ2n) is 15.2. The molecule has 2 aromatic rings. The Morgan fingerprint density at radius 1 is 0.674 bits per heavy atom. The first kappa shape index (κ1) is 36.2. The minimum Gasteiger partial charge on any atom is -0.507 e. The molecular weight excluding hydrogens is 540 g/mol. The quantitative estimate of drug-likeness (QED) is 0.238. The van der Waals surface area contributed by atoms with Crippen LogP contribution in [-0.4, -0.2) is 34.4 Å². The molecule has 0 aliphatic carbocycles. The van der Waals surface area contributed by atoms with Crippen LogP contribution in [0.25, 0.3) is 0 Å². The summed E-state index contributed by atoms with van der Waals surface area (Å²) in [6.45, 7) is 24.4. The molecule has 6 heteroatoms. The van der Waals surface area contributed by atoms with Crippen LogP contribution in [0.5, 0.6) is 11.5 Å². The van der Waals surface area contributed by atoms with Gasteiger partial charge < -0.3 is 19.7 Å². The lowest BCUT2D eigenvalue weighted by Gasteiger charge is -2.26. The number of hydrogen-bond acceptors (Lipinski definition) is 6. The molecule has 6 nitrogen and oxygen atoms in total. The third-order valence-electron chi connectivity index (χ3n) is 7.85. The van der Waals surface area contributed by atoms with Crippen molar-refractivity contribution in [1.82, 2.24) is 0 Å². The maximum atomic E-state index is 12.8. The maximum absolute atomic E-state index is 12.8. The fourth-order valence-electron chi connectivity index (χ4n) is 5.14. The predicted octanol–water partition coefficient (Wildman–Crippen LogP) is 8.76. The molecule has 0 saturated carbocycles. The number of aromatic hydroxyl groups is 2. The zero-order valence-electron chi connectivity index (χ0n) is 28.7. The summed E-state index contributed by atoms with van der Waals surface area (Å²) < 4.78 is 11.3. The molecule has 2 aromatic carbocycles. The van der Waals surface area contributed by atoms with Crippen LogP contribution in [0.15, 0.2) is 24.3 Å². The predicted molar refractivity (Wildman–Crippen MR) is 174 cm³/mol. The molecule has 240 valence electrons. The highest BCUT2D eigenvalue weighted by molar-refractivity contribution is 5.71. The second-order valence-corrected chi connectivity index (χ2v) is 15.2. The van der Waals surface area contributed by atoms with Crippen molar-refractivity contribution in [3.05, 3.63) is 57.6 Å². The lowest BCUT2D eigenvalue weighted by atomic mass is 9.82. The molecule has 0 fully saturated rings. The number of ether oxygens (including phenoxy) is 2. The van der Waals surface area contributed by atoms with E-state index in [1.165, 1.54) is 0 Å². The van der Waals surface area contributed by atoms with Crippen molar-refractivity contribution in [3.8, 4) is 11.5 Å². The molecule has 0 saturated heterocycles. The Morgan fingerprint density at radius 3 is 1.44 bits per heavy atom. The van der Waals surface area contributed by atoms with Crippen LogP contribution in [0.3, 0.4) is 0 Å². The molecule has 0 amide bonds. The molecule has 0 heterocycles. The van der Waals surface area contributed by atoms with Crippen LogP contribution in [0.1, 0.15) is 148 Å². The van der Waals surface area contributed by atoms with E-state index in [2.05, 4.69) is 41.5 Å². The molecule has 0 aromatic heterocycles. The van der Waals surface area contributed by atoms with Crippen molar-refractivity contribution < 1.29 is 29.3 Å². The Balaban J connectivity index is 1.91. The summed E-state index contributed by atoms with van der Waals surface area (Å²) in [7, 11) is 0. The molecular formula is C37H56O6. The Labute approximate surface area is 260 Å². The SMILES string of the molecule is CC(C)c1cc(CCC(=O)OCCC(C)(C)OC(=O)CCc2cc(C(C)C)c(O)c(C(C)(C)C)c2)cc(C(C)(C)C)c1O. The third-order valence-corrected chi connectivity index (χ3v) is 7.85. The second kappa shape index (κ2) is 14.2. The van der Waals surface area contributed by atoms with Gasteiger partial charge >= 0.3 is 11.9 Å². The number of phenolic OH excluding ortho intramolecular Hbond substituents is 2. The minimum absolute atomic E-state index is 0.157. The van der Waals surface area contributed by atoms with Crippen LogP contribution in [0.2, 0.25) is 0 Å². The zero-order chi connectivity index (χ0) is 32.9. The highest BCUT2D eigenvalue weighted by atomic mass is 16.6. The molecule has 0 aliphatic rings. The molecule has 0 spiro atoms. The number of rotatable bonds is 12. The lowest BCUT2D eigenvalue weighted by Crippen LogP contribution is -2.30. The first-order valence-corrected chi connectivity index (χ1v) is 15.7. The van der Waals surface area contributed by atoms with Crippen molar-refractivity contribution >= 4 is 11.9 Å². The molecule has 0 unspecified atom stereocenters. The van der Waals surface area contributed by atoms with Crippen molar-refractivity contribution in [3.63, 3.8) is 0 Å². The van der Waals surface area contributed by atoms with Gasteiger partial charge in [-0.3, -0.25) is 9.59 Å². The van der Waals surface area contributed by atoms with Crippen LogP contribution in [-0.2, 0) is 42.7 Å². The molecule has 0 radical (unpaired) electrons. The molecule has 43 heavy (non-hydrogen) atoms. The van der Waals surface area contributed by atoms with Gasteiger partial charge in [0.1, 0.15) is 17.1 Å². The number of hydrogen-bond donors (Lipinski definition) is 2. The van der Waals surface area contributed by atoms with E-state index in [1.807, 2.05) is 65.8 Å². The van der Waals surface area contributed by atoms with Gasteiger partial charge in [-0.25, -0.2) is 0 Å². The Morgan fingerprint density at radius 2 is 1.07 bits per heavy atom. The fraction of sp³-hybridized carbons (Fsp3) is 0.622. The first-order chi connectivity index (χ1) is 19.6. The van der Waals surface area contributed by atoms with Gasteiger partial charge in [0.2, 0.25) is 0 Å². The highest BCUT2D eigenvalue weighted by Crippen LogP contribution is 2.39. The lowest BCUT2D eigenvalue weighted by molar-refractivity contribution is -0.159. The van der Waals surface area contributed by atoms with Crippen molar-refractivity contribution in [2.75, 3.05) is 6.61 Å². The summed E-state index contributed by atoms with van der Waals surface area (Å²) in [5, 5.41) is 21.6. The average molecular weight is 597 g/mol. The van der Waals surface area contributed by atoms with E-state index in [9.17, 15) is 19.8 Å². The summed E-state index contributed by atoms with van der Waals surface area (Å²) in [5.74, 6) is 0.384. The Kier molecular flexibility index (Phi) is 11.9. The topological polar surface area (TPSA) is 93.1 Å². The number of benzene rings is 2. The number of carbonyl (C=O) groups excluding carboxylic acids is 2. The van der Waals surface area contributed by atoms with Crippen LogP contribution < -0.4 is 0 Å². The molecule has 0 aliphatic heterocycles. The Bertz CT molecular complexity index is 1270. The van der Waals surface area contributed by atoms with E-state index in [-0.39, 0.29) is 54.1 Å². The molecule has 0 bridgehead atoms. The van der Waals surface area contributed by atoms with E-state index in [4.69, 9.17) is 9.47 Å². The van der Waals surface area contributed by atoms with Crippen molar-refractivity contribution in [1.29, 1.82) is 0 Å². The first-order valence-electron chi connectivity index (χ1n) is 15.7. The zero-order valence-corrected chi connectivity index (χ0v) is 28.7. The summed E-state index contributed by atoms with van der Waals surface area (Å²) in [4.78, 5) is 25.3. The smallest absolute Gasteiger partial charge is 0.306 e.